The van der Waals surface area contributed by atoms with Crippen LogP contribution in [0.3, 0.4) is 0 Å². The highest BCUT2D eigenvalue weighted by molar-refractivity contribution is 7.73. The summed E-state index contributed by atoms with van der Waals surface area (Å²) in [6, 6.07) is 0. The van der Waals surface area contributed by atoms with E-state index in [1.807, 2.05) is 7.05 Å². The van der Waals surface area contributed by atoms with Gasteiger partial charge in [-0.05, 0) is 33.0 Å². The molecular formula is C11H16N4S3. The Hall–Kier alpha value is -0.790. The van der Waals surface area contributed by atoms with Crippen molar-refractivity contribution < 1.29 is 0 Å². The number of aromatic nitrogens is 3. The van der Waals surface area contributed by atoms with Gasteiger partial charge in [-0.3, -0.25) is 0 Å². The normalized spacial score (nSPS) is 10.9. The van der Waals surface area contributed by atoms with E-state index in [0.717, 1.165) is 32.1 Å². The van der Waals surface area contributed by atoms with Crippen molar-refractivity contribution in [3.63, 3.8) is 0 Å². The summed E-state index contributed by atoms with van der Waals surface area (Å²) in [6.45, 7) is 8.14. The minimum Gasteiger partial charge on any atom is -0.350 e. The Kier molecular flexibility index (Phi) is 4.14. The van der Waals surface area contributed by atoms with E-state index in [0.29, 0.717) is 0 Å². The van der Waals surface area contributed by atoms with E-state index in [9.17, 15) is 0 Å². The van der Waals surface area contributed by atoms with Crippen molar-refractivity contribution in [3.05, 3.63) is 9.65 Å². The fraction of sp³-hybridized carbons (Fsp3) is 0.545. The molecule has 0 aromatic carbocycles. The molecule has 2 rings (SSSR count). The molecule has 18 heavy (non-hydrogen) atoms. The maximum atomic E-state index is 5.37. The summed E-state index contributed by atoms with van der Waals surface area (Å²) in [5.41, 5.74) is 1.19. The van der Waals surface area contributed by atoms with Gasteiger partial charge in [0.15, 0.2) is 8.96 Å². The van der Waals surface area contributed by atoms with Crippen LogP contribution in [0.15, 0.2) is 0 Å². The zero-order valence-corrected chi connectivity index (χ0v) is 13.4. The van der Waals surface area contributed by atoms with Gasteiger partial charge >= 0.3 is 0 Å². The quantitative estimate of drug-likeness (QED) is 0.808. The summed E-state index contributed by atoms with van der Waals surface area (Å²) in [6.07, 6.45) is 0. The Labute approximate surface area is 120 Å². The zero-order valence-electron chi connectivity index (χ0n) is 10.9. The van der Waals surface area contributed by atoms with E-state index in [1.165, 1.54) is 5.69 Å². The Morgan fingerprint density at radius 3 is 2.56 bits per heavy atom. The van der Waals surface area contributed by atoms with Gasteiger partial charge in [-0.1, -0.05) is 11.3 Å². The van der Waals surface area contributed by atoms with Gasteiger partial charge in [0, 0.05) is 25.8 Å². The maximum absolute atomic E-state index is 5.37. The molecule has 0 saturated carbocycles. The molecule has 98 valence electrons. The molecule has 2 aromatic rings. The summed E-state index contributed by atoms with van der Waals surface area (Å²) < 4.78 is 3.05. The predicted molar refractivity (Wildman–Crippen MR) is 81.4 cm³/mol. The fourth-order valence-corrected chi connectivity index (χ4v) is 4.20. The molecule has 0 spiro atoms. The molecule has 0 unspecified atom stereocenters. The number of rotatable bonds is 4. The molecular weight excluding hydrogens is 284 g/mol. The Bertz CT molecular complexity index is 596. The second-order valence-corrected chi connectivity index (χ2v) is 6.53. The molecule has 0 radical (unpaired) electrons. The van der Waals surface area contributed by atoms with Crippen LogP contribution in [0.2, 0.25) is 0 Å². The molecule has 4 nitrogen and oxygen atoms in total. The second kappa shape index (κ2) is 5.46. The van der Waals surface area contributed by atoms with Gasteiger partial charge in [0.1, 0.15) is 0 Å². The maximum Gasteiger partial charge on any atom is 0.208 e. The molecule has 2 heterocycles. The number of hydrogen-bond acceptors (Lipinski definition) is 6. The zero-order chi connectivity index (χ0) is 13.3. The van der Waals surface area contributed by atoms with Gasteiger partial charge in [-0.25, -0.2) is 0 Å². The third-order valence-corrected chi connectivity index (χ3v) is 5.61. The van der Waals surface area contributed by atoms with Crippen molar-refractivity contribution in [2.75, 3.05) is 18.5 Å². The van der Waals surface area contributed by atoms with E-state index >= 15 is 0 Å². The SMILES string of the molecule is CCN(C)c1nnc(-c2sc(=S)n(CC)c2C)s1. The Morgan fingerprint density at radius 2 is 2.00 bits per heavy atom. The molecule has 0 bridgehead atoms. The van der Waals surface area contributed by atoms with E-state index in [2.05, 4.69) is 40.4 Å². The van der Waals surface area contributed by atoms with Gasteiger partial charge in [0.05, 0.1) is 4.88 Å². The number of hydrogen-bond donors (Lipinski definition) is 0. The first-order valence-electron chi connectivity index (χ1n) is 5.83. The van der Waals surface area contributed by atoms with Crippen molar-refractivity contribution in [1.29, 1.82) is 0 Å². The van der Waals surface area contributed by atoms with E-state index < -0.39 is 0 Å². The van der Waals surface area contributed by atoms with Crippen LogP contribution in [0.25, 0.3) is 9.88 Å². The highest BCUT2D eigenvalue weighted by atomic mass is 32.1. The van der Waals surface area contributed by atoms with Crippen LogP contribution >= 0.6 is 34.9 Å². The highest BCUT2D eigenvalue weighted by Crippen LogP contribution is 2.34. The molecule has 2 aromatic heterocycles. The van der Waals surface area contributed by atoms with Crippen molar-refractivity contribution in [2.24, 2.45) is 0 Å². The number of nitrogens with zero attached hydrogens (tertiary/aromatic N) is 4. The van der Waals surface area contributed by atoms with Crippen molar-refractivity contribution in [3.8, 4) is 9.88 Å². The van der Waals surface area contributed by atoms with Crippen LogP contribution in [-0.4, -0.2) is 28.4 Å². The van der Waals surface area contributed by atoms with Crippen LogP contribution in [0.5, 0.6) is 0 Å². The average Bonchev–Trinajstić information content (AvgIpc) is 2.93. The first-order valence-corrected chi connectivity index (χ1v) is 7.87. The van der Waals surface area contributed by atoms with Gasteiger partial charge in [0.2, 0.25) is 5.13 Å². The number of anilines is 1. The molecule has 0 aliphatic heterocycles. The van der Waals surface area contributed by atoms with Gasteiger partial charge in [-0.15, -0.1) is 21.5 Å². The molecule has 7 heteroatoms. The molecule has 0 N–H and O–H groups in total. The lowest BCUT2D eigenvalue weighted by Crippen LogP contribution is -2.15. The smallest absolute Gasteiger partial charge is 0.208 e. The largest absolute Gasteiger partial charge is 0.350 e. The van der Waals surface area contributed by atoms with Crippen LogP contribution in [-0.2, 0) is 6.54 Å². The second-order valence-electron chi connectivity index (χ2n) is 3.93. The van der Waals surface area contributed by atoms with Crippen LogP contribution < -0.4 is 4.90 Å². The van der Waals surface area contributed by atoms with E-state index in [1.54, 1.807) is 22.7 Å². The lowest BCUT2D eigenvalue weighted by Gasteiger charge is -2.09. The van der Waals surface area contributed by atoms with Gasteiger partial charge in [0.25, 0.3) is 0 Å². The monoisotopic (exact) mass is 300 g/mol. The average molecular weight is 300 g/mol. The number of thiazole rings is 1. The molecule has 0 amide bonds. The molecule has 0 aliphatic carbocycles. The topological polar surface area (TPSA) is 34.0 Å². The fourth-order valence-electron chi connectivity index (χ4n) is 1.64. The van der Waals surface area contributed by atoms with Crippen LogP contribution in [0, 0.1) is 10.9 Å². The molecule has 0 fully saturated rings. The summed E-state index contributed by atoms with van der Waals surface area (Å²) in [4.78, 5) is 3.24. The summed E-state index contributed by atoms with van der Waals surface area (Å²) >= 11 is 8.61. The molecule has 0 saturated heterocycles. The molecule has 0 aliphatic rings. The predicted octanol–water partition coefficient (Wildman–Crippen LogP) is 3.58. The van der Waals surface area contributed by atoms with E-state index in [4.69, 9.17) is 12.2 Å². The lowest BCUT2D eigenvalue weighted by molar-refractivity contribution is 0.738. The third kappa shape index (κ3) is 2.34. The van der Waals surface area contributed by atoms with E-state index in [-0.39, 0.29) is 0 Å². The minimum absolute atomic E-state index is 0.904. The highest BCUT2D eigenvalue weighted by Gasteiger charge is 2.15. The first-order chi connectivity index (χ1) is 8.58. The Morgan fingerprint density at radius 1 is 1.28 bits per heavy atom. The van der Waals surface area contributed by atoms with Crippen molar-refractivity contribution in [2.45, 2.75) is 27.3 Å². The summed E-state index contributed by atoms with van der Waals surface area (Å²) in [7, 11) is 2.02. The van der Waals surface area contributed by atoms with Crippen LogP contribution in [0.1, 0.15) is 19.5 Å². The van der Waals surface area contributed by atoms with Crippen molar-refractivity contribution in [1.82, 2.24) is 14.8 Å². The first kappa shape index (κ1) is 13.6. The van der Waals surface area contributed by atoms with Gasteiger partial charge in [-0.2, -0.15) is 0 Å². The summed E-state index contributed by atoms with van der Waals surface area (Å²) in [5, 5.41) is 10.4. The van der Waals surface area contributed by atoms with Gasteiger partial charge < -0.3 is 9.47 Å². The van der Waals surface area contributed by atoms with Crippen molar-refractivity contribution >= 4 is 40.0 Å². The lowest BCUT2D eigenvalue weighted by atomic mass is 10.4. The standard InChI is InChI=1S/C11H16N4S3/c1-5-14(4)10-13-12-9(18-10)8-7(3)15(6-2)11(16)17-8/h5-6H2,1-4H3. The third-order valence-electron chi connectivity index (χ3n) is 2.87. The molecule has 0 atom stereocenters. The van der Waals surface area contributed by atoms with Crippen LogP contribution in [0.4, 0.5) is 5.13 Å². The summed E-state index contributed by atoms with van der Waals surface area (Å²) in [5.74, 6) is 0. The minimum atomic E-state index is 0.904. The Balaban J connectivity index is 2.43.